The maximum absolute atomic E-state index is 13.6. The predicted octanol–water partition coefficient (Wildman–Crippen LogP) is 4.39. The fraction of sp³-hybridized carbons (Fsp3) is 0.320. The van der Waals surface area contributed by atoms with Crippen LogP contribution >= 0.6 is 0 Å². The molecule has 1 fully saturated rings. The minimum atomic E-state index is -0.294. The van der Waals surface area contributed by atoms with E-state index in [4.69, 9.17) is 4.74 Å². The lowest BCUT2D eigenvalue weighted by molar-refractivity contribution is -0.126. The molecule has 1 aliphatic heterocycles. The second-order valence-corrected chi connectivity index (χ2v) is 8.04. The molecule has 1 saturated heterocycles. The number of anilines is 1. The van der Waals surface area contributed by atoms with E-state index in [0.717, 1.165) is 48.6 Å². The third kappa shape index (κ3) is 5.04. The number of ether oxygens (including phenoxy) is 1. The van der Waals surface area contributed by atoms with Crippen LogP contribution in [0.25, 0.3) is 11.3 Å². The summed E-state index contributed by atoms with van der Waals surface area (Å²) in [5, 5.41) is 3.13. The van der Waals surface area contributed by atoms with Gasteiger partial charge in [0, 0.05) is 30.6 Å². The number of halogens is 1. The van der Waals surface area contributed by atoms with Crippen molar-refractivity contribution in [1.82, 2.24) is 15.3 Å². The van der Waals surface area contributed by atoms with Crippen molar-refractivity contribution in [1.29, 1.82) is 0 Å². The highest BCUT2D eigenvalue weighted by atomic mass is 19.1. The standard InChI is InChI=1S/C25H27FN4O2/c1-17(19-5-4-8-22(14-19)32-2)29-25(31)18-9-11-30(12-10-18)24-15-23(27-16-28-24)20-6-3-7-21(26)13-20/h3-8,13-18H,9-12H2,1-2H3,(H,29,31). The van der Waals surface area contributed by atoms with E-state index in [-0.39, 0.29) is 23.7 Å². The van der Waals surface area contributed by atoms with Crippen LogP contribution in [0.2, 0.25) is 0 Å². The van der Waals surface area contributed by atoms with Gasteiger partial charge in [-0.1, -0.05) is 24.3 Å². The number of nitrogens with one attached hydrogen (secondary N) is 1. The minimum Gasteiger partial charge on any atom is -0.497 e. The van der Waals surface area contributed by atoms with E-state index in [1.54, 1.807) is 13.2 Å². The Morgan fingerprint density at radius 2 is 1.91 bits per heavy atom. The van der Waals surface area contributed by atoms with Gasteiger partial charge in [-0.2, -0.15) is 0 Å². The van der Waals surface area contributed by atoms with Crippen LogP contribution in [0.3, 0.4) is 0 Å². The van der Waals surface area contributed by atoms with E-state index < -0.39 is 0 Å². The fourth-order valence-electron chi connectivity index (χ4n) is 4.02. The number of piperidine rings is 1. The van der Waals surface area contributed by atoms with Gasteiger partial charge < -0.3 is 15.0 Å². The summed E-state index contributed by atoms with van der Waals surface area (Å²) in [7, 11) is 1.63. The zero-order valence-corrected chi connectivity index (χ0v) is 18.3. The van der Waals surface area contributed by atoms with Gasteiger partial charge in [0.15, 0.2) is 0 Å². The lowest BCUT2D eigenvalue weighted by Gasteiger charge is -2.32. The molecule has 1 amide bonds. The van der Waals surface area contributed by atoms with E-state index in [0.29, 0.717) is 5.69 Å². The highest BCUT2D eigenvalue weighted by Crippen LogP contribution is 2.26. The molecule has 0 spiro atoms. The molecule has 2 aromatic carbocycles. The number of nitrogens with zero attached hydrogens (tertiary/aromatic N) is 3. The molecule has 4 rings (SSSR count). The van der Waals surface area contributed by atoms with Crippen LogP contribution in [0.4, 0.5) is 10.2 Å². The number of rotatable bonds is 6. The van der Waals surface area contributed by atoms with Crippen LogP contribution in [0.5, 0.6) is 5.75 Å². The molecule has 1 unspecified atom stereocenters. The van der Waals surface area contributed by atoms with Crippen molar-refractivity contribution in [3.05, 3.63) is 72.3 Å². The lowest BCUT2D eigenvalue weighted by Crippen LogP contribution is -2.41. The van der Waals surface area contributed by atoms with E-state index in [2.05, 4.69) is 20.2 Å². The van der Waals surface area contributed by atoms with Crippen molar-refractivity contribution in [2.75, 3.05) is 25.1 Å². The number of hydrogen-bond acceptors (Lipinski definition) is 5. The van der Waals surface area contributed by atoms with Gasteiger partial charge >= 0.3 is 0 Å². The largest absolute Gasteiger partial charge is 0.497 e. The zero-order valence-electron chi connectivity index (χ0n) is 18.3. The number of methoxy groups -OCH3 is 1. The topological polar surface area (TPSA) is 67.3 Å². The second kappa shape index (κ2) is 9.77. The smallest absolute Gasteiger partial charge is 0.223 e. The molecule has 0 aliphatic carbocycles. The van der Waals surface area contributed by atoms with Crippen LogP contribution in [0, 0.1) is 11.7 Å². The first-order valence-electron chi connectivity index (χ1n) is 10.8. The number of carbonyl (C=O) groups is 1. The molecule has 32 heavy (non-hydrogen) atoms. The number of benzene rings is 2. The molecule has 1 atom stereocenters. The Kier molecular flexibility index (Phi) is 6.63. The van der Waals surface area contributed by atoms with Gasteiger partial charge in [-0.3, -0.25) is 4.79 Å². The molecule has 166 valence electrons. The predicted molar refractivity (Wildman–Crippen MR) is 122 cm³/mol. The Morgan fingerprint density at radius 3 is 2.66 bits per heavy atom. The van der Waals surface area contributed by atoms with Gasteiger partial charge in [0.2, 0.25) is 5.91 Å². The summed E-state index contributed by atoms with van der Waals surface area (Å²) in [5.41, 5.74) is 2.41. The number of aromatic nitrogens is 2. The average molecular weight is 435 g/mol. The summed E-state index contributed by atoms with van der Waals surface area (Å²) in [6.45, 7) is 3.44. The van der Waals surface area contributed by atoms with Crippen molar-refractivity contribution in [2.45, 2.75) is 25.8 Å². The number of amides is 1. The summed E-state index contributed by atoms with van der Waals surface area (Å²) in [6, 6.07) is 15.9. The maximum atomic E-state index is 13.6. The van der Waals surface area contributed by atoms with Crippen LogP contribution in [0.15, 0.2) is 60.9 Å². The molecule has 0 bridgehead atoms. The Hall–Kier alpha value is -3.48. The van der Waals surface area contributed by atoms with E-state index in [9.17, 15) is 9.18 Å². The minimum absolute atomic E-state index is 0.0381. The maximum Gasteiger partial charge on any atom is 0.223 e. The molecule has 0 radical (unpaired) electrons. The number of carbonyl (C=O) groups excluding carboxylic acids is 1. The molecule has 1 aliphatic rings. The van der Waals surface area contributed by atoms with Gasteiger partial charge in [-0.15, -0.1) is 0 Å². The Bertz CT molecular complexity index is 1080. The van der Waals surface area contributed by atoms with Crippen molar-refractivity contribution in [2.24, 2.45) is 5.92 Å². The van der Waals surface area contributed by atoms with Gasteiger partial charge in [0.05, 0.1) is 18.8 Å². The zero-order chi connectivity index (χ0) is 22.5. The highest BCUT2D eigenvalue weighted by molar-refractivity contribution is 5.79. The summed E-state index contributed by atoms with van der Waals surface area (Å²) >= 11 is 0. The van der Waals surface area contributed by atoms with Crippen molar-refractivity contribution < 1.29 is 13.9 Å². The lowest BCUT2D eigenvalue weighted by atomic mass is 9.95. The summed E-state index contributed by atoms with van der Waals surface area (Å²) in [6.07, 6.45) is 3.00. The summed E-state index contributed by atoms with van der Waals surface area (Å²) in [5.74, 6) is 1.31. The first-order valence-corrected chi connectivity index (χ1v) is 10.8. The van der Waals surface area contributed by atoms with Crippen molar-refractivity contribution >= 4 is 11.7 Å². The van der Waals surface area contributed by atoms with Crippen LogP contribution < -0.4 is 15.0 Å². The molecular formula is C25H27FN4O2. The molecule has 3 aromatic rings. The van der Waals surface area contributed by atoms with E-state index >= 15 is 0 Å². The SMILES string of the molecule is COc1cccc(C(C)NC(=O)C2CCN(c3cc(-c4cccc(F)c4)ncn3)CC2)c1. The van der Waals surface area contributed by atoms with Crippen LogP contribution in [-0.4, -0.2) is 36.1 Å². The van der Waals surface area contributed by atoms with Crippen molar-refractivity contribution in [3.63, 3.8) is 0 Å². The third-order valence-electron chi connectivity index (χ3n) is 5.92. The number of hydrogen-bond donors (Lipinski definition) is 1. The highest BCUT2D eigenvalue weighted by Gasteiger charge is 2.27. The van der Waals surface area contributed by atoms with E-state index in [1.165, 1.54) is 18.5 Å². The second-order valence-electron chi connectivity index (χ2n) is 8.04. The Morgan fingerprint density at radius 1 is 1.12 bits per heavy atom. The molecule has 0 saturated carbocycles. The Balaban J connectivity index is 1.36. The van der Waals surface area contributed by atoms with Gasteiger partial charge in [0.25, 0.3) is 0 Å². The third-order valence-corrected chi connectivity index (χ3v) is 5.92. The van der Waals surface area contributed by atoms with Crippen LogP contribution in [0.1, 0.15) is 31.4 Å². The van der Waals surface area contributed by atoms with Crippen LogP contribution in [-0.2, 0) is 4.79 Å². The Labute approximate surface area is 187 Å². The molecule has 1 N–H and O–H groups in total. The van der Waals surface area contributed by atoms with E-state index in [1.807, 2.05) is 43.3 Å². The molecule has 2 heterocycles. The van der Waals surface area contributed by atoms with Gasteiger partial charge in [0.1, 0.15) is 23.7 Å². The molecule has 1 aromatic heterocycles. The molecular weight excluding hydrogens is 407 g/mol. The van der Waals surface area contributed by atoms with Gasteiger partial charge in [-0.05, 0) is 49.6 Å². The fourth-order valence-corrected chi connectivity index (χ4v) is 4.02. The molecule has 6 nitrogen and oxygen atoms in total. The summed E-state index contributed by atoms with van der Waals surface area (Å²) < 4.78 is 18.8. The first kappa shape index (κ1) is 21.7. The average Bonchev–Trinajstić information content (AvgIpc) is 2.84. The van der Waals surface area contributed by atoms with Gasteiger partial charge in [-0.25, -0.2) is 14.4 Å². The van der Waals surface area contributed by atoms with Crippen molar-refractivity contribution in [3.8, 4) is 17.0 Å². The quantitative estimate of drug-likeness (QED) is 0.623. The first-order chi connectivity index (χ1) is 15.5. The monoisotopic (exact) mass is 434 g/mol. The molecule has 7 heteroatoms. The summed E-state index contributed by atoms with van der Waals surface area (Å²) in [4.78, 5) is 23.7. The normalized spacial score (nSPS) is 15.3.